The van der Waals surface area contributed by atoms with Crippen molar-refractivity contribution in [2.45, 2.75) is 57.8 Å². The number of sulfonamides is 1. The average molecular weight is 490 g/mol. The first-order chi connectivity index (χ1) is 16.3. The monoisotopic (exact) mass is 489 g/mol. The number of ether oxygens (including phenoxy) is 1. The van der Waals surface area contributed by atoms with Crippen LogP contribution in [0.3, 0.4) is 0 Å². The van der Waals surface area contributed by atoms with E-state index in [2.05, 4.69) is 24.1 Å². The van der Waals surface area contributed by atoms with Crippen molar-refractivity contribution in [3.63, 3.8) is 0 Å². The van der Waals surface area contributed by atoms with Crippen LogP contribution in [0.5, 0.6) is 11.5 Å². The summed E-state index contributed by atoms with van der Waals surface area (Å²) in [6.45, 7) is 8.21. The fourth-order valence-electron chi connectivity index (χ4n) is 3.44. The molecule has 0 saturated carbocycles. The van der Waals surface area contributed by atoms with Gasteiger partial charge in [-0.2, -0.15) is 0 Å². The zero-order valence-corrected chi connectivity index (χ0v) is 22.0. The summed E-state index contributed by atoms with van der Waals surface area (Å²) in [6, 6.07) is 12.3. The summed E-state index contributed by atoms with van der Waals surface area (Å²) in [4.78, 5) is 15.1. The molecule has 0 saturated heterocycles. The highest BCUT2D eigenvalue weighted by Gasteiger charge is 2.29. The summed E-state index contributed by atoms with van der Waals surface area (Å²) in [5.74, 6) is 0.489. The lowest BCUT2D eigenvalue weighted by atomic mass is 10.1. The van der Waals surface area contributed by atoms with E-state index >= 15 is 0 Å². The molecule has 0 aliphatic rings. The van der Waals surface area contributed by atoms with Crippen LogP contribution in [0.1, 0.15) is 63.2 Å². The first-order valence-electron chi connectivity index (χ1n) is 12.1. The van der Waals surface area contributed by atoms with Gasteiger partial charge in [0.15, 0.2) is 5.75 Å². The number of anilines is 1. The summed E-state index contributed by atoms with van der Waals surface area (Å²) >= 11 is 0. The molecule has 0 aliphatic heterocycles. The number of nitrogens with one attached hydrogen (secondary N) is 1. The Morgan fingerprint density at radius 1 is 0.941 bits per heavy atom. The zero-order valence-electron chi connectivity index (χ0n) is 21.1. The van der Waals surface area contributed by atoms with E-state index in [1.165, 1.54) is 20.2 Å². The normalized spacial score (nSPS) is 11.5. The van der Waals surface area contributed by atoms with Gasteiger partial charge in [0.05, 0.1) is 5.69 Å². The van der Waals surface area contributed by atoms with Crippen molar-refractivity contribution in [3.8, 4) is 11.5 Å². The third-order valence-corrected chi connectivity index (χ3v) is 7.28. The van der Waals surface area contributed by atoms with Crippen molar-refractivity contribution in [2.24, 2.45) is 0 Å². The number of hydrogen-bond acceptors (Lipinski definition) is 5. The summed E-state index contributed by atoms with van der Waals surface area (Å²) < 4.78 is 34.3. The molecule has 0 fully saturated rings. The molecule has 2 aromatic rings. The molecule has 0 aromatic heterocycles. The van der Waals surface area contributed by atoms with Crippen molar-refractivity contribution in [1.82, 2.24) is 9.62 Å². The number of unbranched alkanes of at least 4 members (excludes halogenated alkanes) is 2. The van der Waals surface area contributed by atoms with Crippen LogP contribution in [0, 0.1) is 0 Å². The van der Waals surface area contributed by atoms with E-state index in [1.54, 1.807) is 18.2 Å². The summed E-state index contributed by atoms with van der Waals surface area (Å²) in [5, 5.41) is 2.87. The number of benzene rings is 2. The molecule has 1 N–H and O–H groups in total. The Morgan fingerprint density at radius 2 is 1.56 bits per heavy atom. The third kappa shape index (κ3) is 7.21. The molecule has 2 aromatic carbocycles. The second-order valence-corrected chi connectivity index (χ2v) is 10.6. The Labute approximate surface area is 205 Å². The summed E-state index contributed by atoms with van der Waals surface area (Å²) in [6.07, 6.45) is 4.66. The molecule has 0 heterocycles. The molecule has 0 spiro atoms. The number of carbonyl (C=O) groups excluding carboxylic acids is 1. The van der Waals surface area contributed by atoms with Crippen LogP contribution >= 0.6 is 0 Å². The van der Waals surface area contributed by atoms with Crippen molar-refractivity contribution < 1.29 is 17.9 Å². The van der Waals surface area contributed by atoms with Gasteiger partial charge < -0.3 is 15.0 Å². The number of rotatable bonds is 14. The van der Waals surface area contributed by atoms with Gasteiger partial charge in [0, 0.05) is 39.3 Å². The lowest BCUT2D eigenvalue weighted by Crippen LogP contribution is -2.30. The minimum Gasteiger partial charge on any atom is -0.454 e. The second-order valence-electron chi connectivity index (χ2n) is 8.48. The highest BCUT2D eigenvalue weighted by molar-refractivity contribution is 7.89. The number of nitrogens with zero attached hydrogens (tertiary/aromatic N) is 2. The van der Waals surface area contributed by atoms with Crippen molar-refractivity contribution in [3.05, 3.63) is 48.0 Å². The van der Waals surface area contributed by atoms with E-state index < -0.39 is 10.0 Å². The Balaban J connectivity index is 2.80. The Hall–Kier alpha value is -2.58. The Bertz CT molecular complexity index is 1020. The van der Waals surface area contributed by atoms with Crippen molar-refractivity contribution >= 4 is 21.6 Å². The molecule has 1 amide bonds. The molecule has 0 atom stereocenters. The molecule has 2 rings (SSSR count). The van der Waals surface area contributed by atoms with E-state index in [-0.39, 0.29) is 16.6 Å². The van der Waals surface area contributed by atoms with Gasteiger partial charge in [-0.3, -0.25) is 4.79 Å². The van der Waals surface area contributed by atoms with E-state index in [4.69, 9.17) is 4.74 Å². The lowest BCUT2D eigenvalue weighted by Gasteiger charge is -2.29. The molecule has 8 heteroatoms. The number of amides is 1. The largest absolute Gasteiger partial charge is 0.454 e. The van der Waals surface area contributed by atoms with Crippen LogP contribution in [0.4, 0.5) is 5.69 Å². The quantitative estimate of drug-likeness (QED) is 0.391. The fourth-order valence-corrected chi connectivity index (χ4v) is 4.49. The van der Waals surface area contributed by atoms with Gasteiger partial charge in [0.1, 0.15) is 10.6 Å². The number of carbonyl (C=O) groups is 1. The molecule has 0 aliphatic carbocycles. The zero-order chi connectivity index (χ0) is 25.1. The standard InChI is InChI=1S/C26H39N3O4S/c1-6-9-17-29(18-10-7-2)23-19-21(26(30)27-16-8-3)20-24(34(31,32)28(4)5)25(23)33-22-14-12-11-13-15-22/h11-15,19-20H,6-10,16-18H2,1-5H3,(H,27,30). The molecular weight excluding hydrogens is 450 g/mol. The van der Waals surface area contributed by atoms with Crippen LogP contribution in [0.25, 0.3) is 0 Å². The predicted octanol–water partition coefficient (Wildman–Crippen LogP) is 5.28. The molecule has 0 unspecified atom stereocenters. The van der Waals surface area contributed by atoms with Gasteiger partial charge in [-0.1, -0.05) is 51.8 Å². The van der Waals surface area contributed by atoms with E-state index in [0.29, 0.717) is 23.5 Å². The number of para-hydroxylation sites is 1. The molecule has 34 heavy (non-hydrogen) atoms. The maximum atomic E-state index is 13.4. The highest BCUT2D eigenvalue weighted by Crippen LogP contribution is 2.41. The van der Waals surface area contributed by atoms with Gasteiger partial charge in [-0.05, 0) is 43.5 Å². The number of hydrogen-bond donors (Lipinski definition) is 1. The van der Waals surface area contributed by atoms with Crippen molar-refractivity contribution in [2.75, 3.05) is 38.6 Å². The van der Waals surface area contributed by atoms with Gasteiger partial charge >= 0.3 is 0 Å². The first-order valence-corrected chi connectivity index (χ1v) is 13.6. The molecular formula is C26H39N3O4S. The van der Waals surface area contributed by atoms with Crippen LogP contribution in [-0.2, 0) is 10.0 Å². The predicted molar refractivity (Wildman–Crippen MR) is 138 cm³/mol. The molecule has 7 nitrogen and oxygen atoms in total. The van der Waals surface area contributed by atoms with E-state index in [9.17, 15) is 13.2 Å². The minimum atomic E-state index is -3.90. The molecule has 0 bridgehead atoms. The SMILES string of the molecule is CCCCN(CCCC)c1cc(C(=O)NCCC)cc(S(=O)(=O)N(C)C)c1Oc1ccccc1. The maximum absolute atomic E-state index is 13.4. The highest BCUT2D eigenvalue weighted by atomic mass is 32.2. The molecule has 188 valence electrons. The summed E-state index contributed by atoms with van der Waals surface area (Å²) in [7, 11) is -0.933. The maximum Gasteiger partial charge on any atom is 0.251 e. The lowest BCUT2D eigenvalue weighted by molar-refractivity contribution is 0.0953. The van der Waals surface area contributed by atoms with Gasteiger partial charge in [-0.15, -0.1) is 0 Å². The molecule has 0 radical (unpaired) electrons. The fraction of sp³-hybridized carbons (Fsp3) is 0.500. The summed E-state index contributed by atoms with van der Waals surface area (Å²) in [5.41, 5.74) is 0.928. The minimum absolute atomic E-state index is 0.0153. The third-order valence-electron chi connectivity index (χ3n) is 5.46. The van der Waals surface area contributed by atoms with Crippen LogP contribution < -0.4 is 15.0 Å². The van der Waals surface area contributed by atoms with E-state index in [1.807, 2.05) is 25.1 Å². The first kappa shape index (κ1) is 27.7. The van der Waals surface area contributed by atoms with Crippen molar-refractivity contribution in [1.29, 1.82) is 0 Å². The van der Waals surface area contributed by atoms with Gasteiger partial charge in [-0.25, -0.2) is 12.7 Å². The smallest absolute Gasteiger partial charge is 0.251 e. The average Bonchev–Trinajstić information content (AvgIpc) is 2.83. The topological polar surface area (TPSA) is 79.0 Å². The Morgan fingerprint density at radius 3 is 2.09 bits per heavy atom. The Kier molecular flexibility index (Phi) is 10.9. The van der Waals surface area contributed by atoms with Crippen LogP contribution in [0.2, 0.25) is 0 Å². The van der Waals surface area contributed by atoms with Gasteiger partial charge in [0.25, 0.3) is 5.91 Å². The van der Waals surface area contributed by atoms with Gasteiger partial charge in [0.2, 0.25) is 10.0 Å². The second kappa shape index (κ2) is 13.3. The van der Waals surface area contributed by atoms with E-state index in [0.717, 1.165) is 49.5 Å². The van der Waals surface area contributed by atoms with Crippen LogP contribution in [-0.4, -0.2) is 52.4 Å². The van der Waals surface area contributed by atoms with Crippen LogP contribution in [0.15, 0.2) is 47.4 Å².